The number of hydrogen-bond donors (Lipinski definition) is 1. The van der Waals surface area contributed by atoms with Crippen LogP contribution in [0.4, 0.5) is 5.69 Å². The number of benzene rings is 3. The van der Waals surface area contributed by atoms with Gasteiger partial charge in [0.1, 0.15) is 0 Å². The van der Waals surface area contributed by atoms with Gasteiger partial charge in [0.2, 0.25) is 0 Å². The highest BCUT2D eigenvalue weighted by atomic mass is 16.1. The molecule has 0 saturated carbocycles. The number of hydrogen-bond acceptors (Lipinski definition) is 2. The van der Waals surface area contributed by atoms with Crippen molar-refractivity contribution in [2.75, 3.05) is 18.5 Å². The van der Waals surface area contributed by atoms with Crippen molar-refractivity contribution >= 4 is 22.5 Å². The second-order valence-corrected chi connectivity index (χ2v) is 7.88. The second-order valence-electron chi connectivity index (χ2n) is 7.88. The van der Waals surface area contributed by atoms with Crippen molar-refractivity contribution in [1.82, 2.24) is 9.88 Å². The van der Waals surface area contributed by atoms with Crippen molar-refractivity contribution in [2.24, 2.45) is 7.05 Å². The molecule has 0 aliphatic carbocycles. The number of carbonyl (C=O) groups is 1. The van der Waals surface area contributed by atoms with Crippen molar-refractivity contribution in [3.63, 3.8) is 0 Å². The van der Waals surface area contributed by atoms with Gasteiger partial charge in [0.05, 0.1) is 6.04 Å². The summed E-state index contributed by atoms with van der Waals surface area (Å²) in [7, 11) is 3.78. The number of amides is 1. The molecule has 1 N–H and O–H groups in total. The molecule has 1 aromatic heterocycles. The van der Waals surface area contributed by atoms with Gasteiger partial charge >= 0.3 is 0 Å². The van der Waals surface area contributed by atoms with Gasteiger partial charge in [0.25, 0.3) is 5.91 Å². The van der Waals surface area contributed by atoms with E-state index < -0.39 is 0 Å². The van der Waals surface area contributed by atoms with Gasteiger partial charge in [-0.3, -0.25) is 4.79 Å². The number of rotatable bonds is 3. The average Bonchev–Trinajstić information content (AvgIpc) is 3.14. The Kier molecular flexibility index (Phi) is 4.55. The molecule has 150 valence electrons. The molecule has 4 aromatic rings. The van der Waals surface area contributed by atoms with Gasteiger partial charge < -0.3 is 14.8 Å². The smallest absolute Gasteiger partial charge is 0.251 e. The molecule has 4 heteroatoms. The monoisotopic (exact) mass is 395 g/mol. The SMILES string of the molecule is CNC(=O)c1ccc(N2CCc3ccccc3C2c2cn(C)c3ccccc23)cc1. The second kappa shape index (κ2) is 7.38. The lowest BCUT2D eigenvalue weighted by atomic mass is 9.87. The van der Waals surface area contributed by atoms with Gasteiger partial charge in [0.15, 0.2) is 0 Å². The molecule has 4 nitrogen and oxygen atoms in total. The molecule has 5 rings (SSSR count). The quantitative estimate of drug-likeness (QED) is 0.546. The summed E-state index contributed by atoms with van der Waals surface area (Å²) in [5, 5.41) is 3.98. The molecule has 0 spiro atoms. The minimum atomic E-state index is -0.0591. The fourth-order valence-electron chi connectivity index (χ4n) is 4.72. The van der Waals surface area contributed by atoms with Crippen LogP contribution in [0, 0.1) is 0 Å². The predicted molar refractivity (Wildman–Crippen MR) is 122 cm³/mol. The normalized spacial score (nSPS) is 15.8. The fraction of sp³-hybridized carbons (Fsp3) is 0.192. The van der Waals surface area contributed by atoms with Crippen LogP contribution in [0.2, 0.25) is 0 Å². The summed E-state index contributed by atoms with van der Waals surface area (Å²) >= 11 is 0. The van der Waals surface area contributed by atoms with E-state index in [9.17, 15) is 4.79 Å². The lowest BCUT2D eigenvalue weighted by Gasteiger charge is -2.39. The van der Waals surface area contributed by atoms with Gasteiger partial charge in [0, 0.05) is 54.6 Å². The molecule has 0 radical (unpaired) electrons. The molecule has 0 fully saturated rings. The Morgan fingerprint density at radius 2 is 1.67 bits per heavy atom. The van der Waals surface area contributed by atoms with Crippen LogP contribution in [0.5, 0.6) is 0 Å². The molecule has 1 atom stereocenters. The van der Waals surface area contributed by atoms with Crippen molar-refractivity contribution < 1.29 is 4.79 Å². The highest BCUT2D eigenvalue weighted by Gasteiger charge is 2.31. The Morgan fingerprint density at radius 3 is 2.47 bits per heavy atom. The first kappa shape index (κ1) is 18.5. The van der Waals surface area contributed by atoms with E-state index in [1.54, 1.807) is 7.05 Å². The van der Waals surface area contributed by atoms with E-state index in [0.29, 0.717) is 5.56 Å². The Balaban J connectivity index is 1.66. The number of para-hydroxylation sites is 1. The lowest BCUT2D eigenvalue weighted by molar-refractivity contribution is 0.0963. The summed E-state index contributed by atoms with van der Waals surface area (Å²) in [6.45, 7) is 0.935. The van der Waals surface area contributed by atoms with E-state index in [2.05, 4.69) is 88.7 Å². The number of aromatic nitrogens is 1. The van der Waals surface area contributed by atoms with Crippen LogP contribution in [0.25, 0.3) is 10.9 Å². The van der Waals surface area contributed by atoms with Crippen molar-refractivity contribution in [3.8, 4) is 0 Å². The van der Waals surface area contributed by atoms with E-state index in [4.69, 9.17) is 0 Å². The zero-order chi connectivity index (χ0) is 20.7. The zero-order valence-corrected chi connectivity index (χ0v) is 17.3. The molecule has 0 saturated heterocycles. The van der Waals surface area contributed by atoms with Crippen molar-refractivity contribution in [1.29, 1.82) is 0 Å². The fourth-order valence-corrected chi connectivity index (χ4v) is 4.72. The molecule has 1 aliphatic rings. The standard InChI is InChI=1S/C26H25N3O/c1-27-26(30)19-11-13-20(14-12-19)29-16-15-18-7-3-4-8-21(18)25(29)23-17-28(2)24-10-6-5-9-22(23)24/h3-14,17,25H,15-16H2,1-2H3,(H,27,30). The van der Waals surface area contributed by atoms with Gasteiger partial charge in [-0.15, -0.1) is 0 Å². The minimum Gasteiger partial charge on any atom is -0.360 e. The highest BCUT2D eigenvalue weighted by Crippen LogP contribution is 2.41. The third-order valence-electron chi connectivity index (χ3n) is 6.19. The van der Waals surface area contributed by atoms with E-state index in [-0.39, 0.29) is 11.9 Å². The molecule has 3 aromatic carbocycles. The number of fused-ring (bicyclic) bond motifs is 2. The van der Waals surface area contributed by atoms with Crippen LogP contribution < -0.4 is 10.2 Å². The highest BCUT2D eigenvalue weighted by molar-refractivity contribution is 5.94. The molecule has 1 amide bonds. The number of nitrogens with zero attached hydrogens (tertiary/aromatic N) is 2. The lowest BCUT2D eigenvalue weighted by Crippen LogP contribution is -2.36. The zero-order valence-electron chi connectivity index (χ0n) is 17.3. The van der Waals surface area contributed by atoms with Crippen molar-refractivity contribution in [3.05, 3.63) is 101 Å². The van der Waals surface area contributed by atoms with Gasteiger partial charge in [-0.2, -0.15) is 0 Å². The van der Waals surface area contributed by atoms with Crippen LogP contribution in [-0.4, -0.2) is 24.1 Å². The summed E-state index contributed by atoms with van der Waals surface area (Å²) in [6.07, 6.45) is 3.28. The Labute approximate surface area is 176 Å². The molecule has 1 aliphatic heterocycles. The summed E-state index contributed by atoms with van der Waals surface area (Å²) in [5.41, 5.74) is 7.14. The van der Waals surface area contributed by atoms with Crippen LogP contribution >= 0.6 is 0 Å². The first-order chi connectivity index (χ1) is 14.7. The summed E-state index contributed by atoms with van der Waals surface area (Å²) in [4.78, 5) is 14.4. The van der Waals surface area contributed by atoms with Gasteiger partial charge in [-0.25, -0.2) is 0 Å². The van der Waals surface area contributed by atoms with Crippen LogP contribution in [0.3, 0.4) is 0 Å². The molecule has 30 heavy (non-hydrogen) atoms. The van der Waals surface area contributed by atoms with Crippen LogP contribution in [0.1, 0.15) is 33.1 Å². The summed E-state index contributed by atoms with van der Waals surface area (Å²) < 4.78 is 2.22. The largest absolute Gasteiger partial charge is 0.360 e. The van der Waals surface area contributed by atoms with E-state index in [1.165, 1.54) is 27.6 Å². The van der Waals surface area contributed by atoms with E-state index in [1.807, 2.05) is 12.1 Å². The number of carbonyl (C=O) groups excluding carboxylic acids is 1. The molecule has 1 unspecified atom stereocenters. The van der Waals surface area contributed by atoms with E-state index in [0.717, 1.165) is 18.7 Å². The Morgan fingerprint density at radius 1 is 0.933 bits per heavy atom. The topological polar surface area (TPSA) is 37.3 Å². The average molecular weight is 396 g/mol. The molecular weight excluding hydrogens is 370 g/mol. The first-order valence-corrected chi connectivity index (χ1v) is 10.4. The maximum absolute atomic E-state index is 12.0. The molecule has 0 bridgehead atoms. The molecule has 2 heterocycles. The van der Waals surface area contributed by atoms with E-state index >= 15 is 0 Å². The summed E-state index contributed by atoms with van der Waals surface area (Å²) in [5.74, 6) is -0.0591. The van der Waals surface area contributed by atoms with Crippen molar-refractivity contribution in [2.45, 2.75) is 12.5 Å². The minimum absolute atomic E-state index is 0.0591. The summed E-state index contributed by atoms with van der Waals surface area (Å²) in [6, 6.07) is 25.5. The molecular formula is C26H25N3O. The maximum Gasteiger partial charge on any atom is 0.251 e. The number of nitrogens with one attached hydrogen (secondary N) is 1. The number of aryl methyl sites for hydroxylation is 1. The predicted octanol–water partition coefficient (Wildman–Crippen LogP) is 4.69. The van der Waals surface area contributed by atoms with Gasteiger partial charge in [-0.1, -0.05) is 42.5 Å². The third kappa shape index (κ3) is 2.96. The van der Waals surface area contributed by atoms with Crippen LogP contribution in [-0.2, 0) is 13.5 Å². The maximum atomic E-state index is 12.0. The van der Waals surface area contributed by atoms with Crippen LogP contribution in [0.15, 0.2) is 79.0 Å². The van der Waals surface area contributed by atoms with Gasteiger partial charge in [-0.05, 0) is 47.9 Å². The third-order valence-corrected chi connectivity index (χ3v) is 6.19. The first-order valence-electron chi connectivity index (χ1n) is 10.4. The Hall–Kier alpha value is -3.53. The number of anilines is 1. The Bertz CT molecular complexity index is 1220.